The highest BCUT2D eigenvalue weighted by molar-refractivity contribution is 5.93. The number of anilines is 1. The summed E-state index contributed by atoms with van der Waals surface area (Å²) in [4.78, 5) is 23.2. The van der Waals surface area contributed by atoms with Crippen LogP contribution < -0.4 is 10.6 Å². The molecule has 0 saturated heterocycles. The number of rotatable bonds is 6. The molecule has 0 unspecified atom stereocenters. The Kier molecular flexibility index (Phi) is 4.51. The number of hydrogen-bond donors (Lipinski definition) is 2. The average Bonchev–Trinajstić information content (AvgIpc) is 2.28. The van der Waals surface area contributed by atoms with E-state index in [-0.39, 0.29) is 6.42 Å². The van der Waals surface area contributed by atoms with Gasteiger partial charge in [-0.2, -0.15) is 0 Å². The van der Waals surface area contributed by atoms with Crippen molar-refractivity contribution in [3.05, 3.63) is 29.8 Å². The van der Waals surface area contributed by atoms with Crippen molar-refractivity contribution < 1.29 is 14.7 Å². The summed E-state index contributed by atoms with van der Waals surface area (Å²) in [7, 11) is 1.88. The van der Waals surface area contributed by atoms with Gasteiger partial charge in [0.05, 0.1) is 0 Å². The lowest BCUT2D eigenvalue weighted by molar-refractivity contribution is -0.137. The van der Waals surface area contributed by atoms with Gasteiger partial charge in [0, 0.05) is 31.3 Å². The van der Waals surface area contributed by atoms with E-state index >= 15 is 0 Å². The molecule has 3 N–H and O–H groups in total. The Morgan fingerprint density at radius 1 is 1.29 bits per heavy atom. The van der Waals surface area contributed by atoms with Gasteiger partial charge in [-0.1, -0.05) is 0 Å². The molecule has 17 heavy (non-hydrogen) atoms. The minimum absolute atomic E-state index is 0.156. The molecule has 1 aromatic carbocycles. The van der Waals surface area contributed by atoms with E-state index < -0.39 is 11.9 Å². The number of carboxylic acids is 1. The number of primary amides is 1. The van der Waals surface area contributed by atoms with Gasteiger partial charge in [0.15, 0.2) is 0 Å². The lowest BCUT2D eigenvalue weighted by Gasteiger charge is -2.18. The molecule has 0 aliphatic rings. The molecule has 0 radical (unpaired) electrons. The Balaban J connectivity index is 2.54. The summed E-state index contributed by atoms with van der Waals surface area (Å²) in [5.41, 5.74) is 6.53. The van der Waals surface area contributed by atoms with Crippen LogP contribution in [-0.2, 0) is 4.79 Å². The average molecular weight is 236 g/mol. The van der Waals surface area contributed by atoms with E-state index in [0.29, 0.717) is 18.5 Å². The van der Waals surface area contributed by atoms with Crippen LogP contribution in [0.4, 0.5) is 5.69 Å². The molecule has 0 aliphatic heterocycles. The summed E-state index contributed by atoms with van der Waals surface area (Å²) < 4.78 is 0. The van der Waals surface area contributed by atoms with Crippen LogP contribution in [0.5, 0.6) is 0 Å². The zero-order valence-corrected chi connectivity index (χ0v) is 9.72. The summed E-state index contributed by atoms with van der Waals surface area (Å²) >= 11 is 0. The Bertz CT molecular complexity index is 401. The first-order valence-corrected chi connectivity index (χ1v) is 5.33. The topological polar surface area (TPSA) is 83.6 Å². The smallest absolute Gasteiger partial charge is 0.303 e. The van der Waals surface area contributed by atoms with E-state index in [1.54, 1.807) is 24.3 Å². The lowest BCUT2D eigenvalue weighted by atomic mass is 10.2. The molecule has 0 saturated carbocycles. The minimum atomic E-state index is -0.789. The fraction of sp³-hybridized carbons (Fsp3) is 0.333. The molecule has 0 heterocycles. The van der Waals surface area contributed by atoms with Crippen molar-refractivity contribution >= 4 is 17.6 Å². The Morgan fingerprint density at radius 2 is 1.88 bits per heavy atom. The number of carbonyl (C=O) groups is 2. The SMILES string of the molecule is CN(CCCC(=O)O)c1ccc(C(N)=O)cc1. The second-order valence-corrected chi connectivity index (χ2v) is 3.83. The molecule has 5 nitrogen and oxygen atoms in total. The van der Waals surface area contributed by atoms with Gasteiger partial charge in [0.2, 0.25) is 5.91 Å². The number of hydrogen-bond acceptors (Lipinski definition) is 3. The summed E-state index contributed by atoms with van der Waals surface area (Å²) in [6, 6.07) is 6.90. The largest absolute Gasteiger partial charge is 0.481 e. The Labute approximate surface area is 99.8 Å². The minimum Gasteiger partial charge on any atom is -0.481 e. The van der Waals surface area contributed by atoms with Crippen LogP contribution in [0.1, 0.15) is 23.2 Å². The molecule has 0 bridgehead atoms. The Hall–Kier alpha value is -2.04. The number of carbonyl (C=O) groups excluding carboxylic acids is 1. The predicted molar refractivity (Wildman–Crippen MR) is 65.1 cm³/mol. The van der Waals surface area contributed by atoms with E-state index in [1.165, 1.54) is 0 Å². The van der Waals surface area contributed by atoms with E-state index in [0.717, 1.165) is 5.69 Å². The number of aliphatic carboxylic acids is 1. The van der Waals surface area contributed by atoms with Gasteiger partial charge in [-0.05, 0) is 30.7 Å². The van der Waals surface area contributed by atoms with Gasteiger partial charge in [-0.25, -0.2) is 0 Å². The van der Waals surface area contributed by atoms with Crippen molar-refractivity contribution in [2.45, 2.75) is 12.8 Å². The molecule has 5 heteroatoms. The number of nitrogens with zero attached hydrogens (tertiary/aromatic N) is 1. The summed E-state index contributed by atoms with van der Waals surface area (Å²) in [6.45, 7) is 0.655. The molecule has 0 atom stereocenters. The van der Waals surface area contributed by atoms with Crippen LogP contribution in [-0.4, -0.2) is 30.6 Å². The van der Waals surface area contributed by atoms with Crippen molar-refractivity contribution in [3.63, 3.8) is 0 Å². The molecular weight excluding hydrogens is 220 g/mol. The van der Waals surface area contributed by atoms with E-state index in [9.17, 15) is 9.59 Å². The van der Waals surface area contributed by atoms with E-state index in [1.807, 2.05) is 11.9 Å². The van der Waals surface area contributed by atoms with Gasteiger partial charge in [-0.3, -0.25) is 9.59 Å². The van der Waals surface area contributed by atoms with E-state index in [4.69, 9.17) is 10.8 Å². The van der Waals surface area contributed by atoms with Crippen LogP contribution in [0.3, 0.4) is 0 Å². The van der Waals surface area contributed by atoms with Crippen molar-refractivity contribution in [2.24, 2.45) is 5.73 Å². The van der Waals surface area contributed by atoms with Crippen LogP contribution in [0, 0.1) is 0 Å². The van der Waals surface area contributed by atoms with Crippen LogP contribution in [0.2, 0.25) is 0 Å². The van der Waals surface area contributed by atoms with Gasteiger partial charge in [-0.15, -0.1) is 0 Å². The Morgan fingerprint density at radius 3 is 2.35 bits per heavy atom. The molecule has 1 amide bonds. The molecule has 0 aliphatic carbocycles. The highest BCUT2D eigenvalue weighted by Crippen LogP contribution is 2.14. The second kappa shape index (κ2) is 5.89. The highest BCUT2D eigenvalue weighted by Gasteiger charge is 2.04. The highest BCUT2D eigenvalue weighted by atomic mass is 16.4. The van der Waals surface area contributed by atoms with Crippen LogP contribution >= 0.6 is 0 Å². The standard InChI is InChI=1S/C12H16N2O3/c1-14(8-2-3-11(15)16)10-6-4-9(5-7-10)12(13)17/h4-7H,2-3,8H2,1H3,(H2,13,17)(H,15,16). The molecule has 0 aromatic heterocycles. The van der Waals surface area contributed by atoms with Gasteiger partial charge in [0.1, 0.15) is 0 Å². The maximum absolute atomic E-state index is 10.9. The van der Waals surface area contributed by atoms with Gasteiger partial charge < -0.3 is 15.7 Å². The summed E-state index contributed by atoms with van der Waals surface area (Å²) in [6.07, 6.45) is 0.743. The quantitative estimate of drug-likeness (QED) is 0.774. The van der Waals surface area contributed by atoms with Gasteiger partial charge >= 0.3 is 5.97 Å². The fourth-order valence-corrected chi connectivity index (χ4v) is 1.48. The monoisotopic (exact) mass is 236 g/mol. The van der Waals surface area contributed by atoms with Crippen LogP contribution in [0.15, 0.2) is 24.3 Å². The molecule has 0 fully saturated rings. The number of amides is 1. The third-order valence-corrected chi connectivity index (χ3v) is 2.48. The van der Waals surface area contributed by atoms with E-state index in [2.05, 4.69) is 0 Å². The van der Waals surface area contributed by atoms with Gasteiger partial charge in [0.25, 0.3) is 0 Å². The first kappa shape index (κ1) is 13.0. The van der Waals surface area contributed by atoms with Crippen molar-refractivity contribution in [1.82, 2.24) is 0 Å². The third-order valence-electron chi connectivity index (χ3n) is 2.48. The third kappa shape index (κ3) is 4.14. The molecule has 1 rings (SSSR count). The first-order valence-electron chi connectivity index (χ1n) is 5.33. The predicted octanol–water partition coefficient (Wildman–Crippen LogP) is 1.09. The van der Waals surface area contributed by atoms with Crippen molar-refractivity contribution in [1.29, 1.82) is 0 Å². The maximum atomic E-state index is 10.9. The van der Waals surface area contributed by atoms with Crippen molar-refractivity contribution in [3.8, 4) is 0 Å². The normalized spacial score (nSPS) is 9.94. The fourth-order valence-electron chi connectivity index (χ4n) is 1.48. The number of carboxylic acid groups (broad SMARTS) is 1. The molecule has 92 valence electrons. The first-order chi connectivity index (χ1) is 8.00. The maximum Gasteiger partial charge on any atom is 0.303 e. The number of benzene rings is 1. The zero-order valence-electron chi connectivity index (χ0n) is 9.72. The summed E-state index contributed by atoms with van der Waals surface area (Å²) in [5.74, 6) is -1.24. The molecular formula is C12H16N2O3. The lowest BCUT2D eigenvalue weighted by Crippen LogP contribution is -2.19. The zero-order chi connectivity index (χ0) is 12.8. The van der Waals surface area contributed by atoms with Crippen molar-refractivity contribution in [2.75, 3.05) is 18.5 Å². The molecule has 0 spiro atoms. The van der Waals surface area contributed by atoms with Crippen LogP contribution in [0.25, 0.3) is 0 Å². The second-order valence-electron chi connectivity index (χ2n) is 3.83. The molecule has 1 aromatic rings. The summed E-state index contributed by atoms with van der Waals surface area (Å²) in [5, 5.41) is 8.52. The number of nitrogens with two attached hydrogens (primary N) is 1.